The highest BCUT2D eigenvalue weighted by Gasteiger charge is 2.30. The summed E-state index contributed by atoms with van der Waals surface area (Å²) in [5.74, 6) is -0.624. The molecule has 0 aliphatic carbocycles. The monoisotopic (exact) mass is 412 g/mol. The second-order valence-corrected chi connectivity index (χ2v) is 8.46. The summed E-state index contributed by atoms with van der Waals surface area (Å²) in [6.07, 6.45) is -1.87. The molecule has 1 amide bonds. The van der Waals surface area contributed by atoms with Crippen LogP contribution in [0.4, 0.5) is 18.9 Å². The van der Waals surface area contributed by atoms with Gasteiger partial charge in [0, 0.05) is 24.3 Å². The molecule has 5 nitrogen and oxygen atoms in total. The SMILES string of the molecule is O=C(Nc1cccc(S(=O)(=O)N2CCCCC2)c1)c1ccc(C(F)(F)F)cc1. The lowest BCUT2D eigenvalue weighted by Gasteiger charge is -2.26. The van der Waals surface area contributed by atoms with E-state index < -0.39 is 27.7 Å². The van der Waals surface area contributed by atoms with Gasteiger partial charge in [-0.25, -0.2) is 8.42 Å². The van der Waals surface area contributed by atoms with Gasteiger partial charge in [-0.15, -0.1) is 0 Å². The molecule has 0 unspecified atom stereocenters. The Bertz CT molecular complexity index is 951. The van der Waals surface area contributed by atoms with Gasteiger partial charge in [-0.2, -0.15) is 17.5 Å². The van der Waals surface area contributed by atoms with E-state index in [1.807, 2.05) is 0 Å². The number of piperidine rings is 1. The van der Waals surface area contributed by atoms with Crippen LogP contribution in [0.3, 0.4) is 0 Å². The number of sulfonamides is 1. The molecule has 1 saturated heterocycles. The van der Waals surface area contributed by atoms with Crippen LogP contribution >= 0.6 is 0 Å². The second-order valence-electron chi connectivity index (χ2n) is 6.52. The predicted octanol–water partition coefficient (Wildman–Crippen LogP) is 4.13. The first-order valence-electron chi connectivity index (χ1n) is 8.77. The van der Waals surface area contributed by atoms with Crippen LogP contribution in [0.5, 0.6) is 0 Å². The molecule has 3 rings (SSSR count). The van der Waals surface area contributed by atoms with E-state index in [9.17, 15) is 26.4 Å². The fraction of sp³-hybridized carbons (Fsp3) is 0.316. The minimum absolute atomic E-state index is 0.0392. The molecule has 28 heavy (non-hydrogen) atoms. The van der Waals surface area contributed by atoms with Gasteiger partial charge in [0.2, 0.25) is 10.0 Å². The topological polar surface area (TPSA) is 66.5 Å². The zero-order valence-electron chi connectivity index (χ0n) is 14.9. The number of alkyl halides is 3. The van der Waals surface area contributed by atoms with Gasteiger partial charge in [-0.05, 0) is 55.3 Å². The maximum absolute atomic E-state index is 12.7. The predicted molar refractivity (Wildman–Crippen MR) is 98.4 cm³/mol. The van der Waals surface area contributed by atoms with Crippen molar-refractivity contribution in [3.63, 3.8) is 0 Å². The van der Waals surface area contributed by atoms with E-state index in [1.54, 1.807) is 0 Å². The van der Waals surface area contributed by atoms with Gasteiger partial charge in [0.1, 0.15) is 0 Å². The Labute approximate surface area is 161 Å². The maximum Gasteiger partial charge on any atom is 0.416 e. The van der Waals surface area contributed by atoms with Crippen molar-refractivity contribution in [3.05, 3.63) is 59.7 Å². The van der Waals surface area contributed by atoms with E-state index in [0.717, 1.165) is 43.5 Å². The normalized spacial score (nSPS) is 16.0. The lowest BCUT2D eigenvalue weighted by atomic mass is 10.1. The molecule has 150 valence electrons. The van der Waals surface area contributed by atoms with Crippen molar-refractivity contribution < 1.29 is 26.4 Å². The van der Waals surface area contributed by atoms with Crippen molar-refractivity contribution >= 4 is 21.6 Å². The number of hydrogen-bond acceptors (Lipinski definition) is 3. The Morgan fingerprint density at radius 3 is 2.21 bits per heavy atom. The van der Waals surface area contributed by atoms with Crippen LogP contribution in [0.1, 0.15) is 35.2 Å². The molecule has 2 aromatic rings. The molecule has 0 aromatic heterocycles. The van der Waals surface area contributed by atoms with Gasteiger partial charge in [0.05, 0.1) is 10.5 Å². The number of hydrogen-bond donors (Lipinski definition) is 1. The molecule has 1 fully saturated rings. The van der Waals surface area contributed by atoms with Crippen LogP contribution in [0.2, 0.25) is 0 Å². The van der Waals surface area contributed by atoms with Crippen molar-refractivity contribution in [2.24, 2.45) is 0 Å². The summed E-state index contributed by atoms with van der Waals surface area (Å²) in [6.45, 7) is 0.926. The zero-order chi connectivity index (χ0) is 20.4. The van der Waals surface area contributed by atoms with E-state index in [0.29, 0.717) is 13.1 Å². The number of carbonyl (C=O) groups excluding carboxylic acids is 1. The molecule has 0 radical (unpaired) electrons. The van der Waals surface area contributed by atoms with Crippen LogP contribution < -0.4 is 5.32 Å². The third kappa shape index (κ3) is 4.53. The number of nitrogens with one attached hydrogen (secondary N) is 1. The molecular weight excluding hydrogens is 393 g/mol. The number of benzene rings is 2. The summed E-state index contributed by atoms with van der Waals surface area (Å²) in [4.78, 5) is 12.4. The number of amides is 1. The minimum atomic E-state index is -4.48. The highest BCUT2D eigenvalue weighted by molar-refractivity contribution is 7.89. The summed E-state index contributed by atoms with van der Waals surface area (Å²) < 4.78 is 64.7. The van der Waals surface area contributed by atoms with Crippen LogP contribution in [-0.2, 0) is 16.2 Å². The summed E-state index contributed by atoms with van der Waals surface area (Å²) in [6, 6.07) is 9.65. The van der Waals surface area contributed by atoms with Crippen molar-refractivity contribution in [1.29, 1.82) is 0 Å². The van der Waals surface area contributed by atoms with E-state index in [-0.39, 0.29) is 16.1 Å². The van der Waals surface area contributed by atoms with Crippen molar-refractivity contribution in [3.8, 4) is 0 Å². The van der Waals surface area contributed by atoms with Gasteiger partial charge in [-0.3, -0.25) is 4.79 Å². The molecule has 0 bridgehead atoms. The lowest BCUT2D eigenvalue weighted by molar-refractivity contribution is -0.137. The first kappa shape index (κ1) is 20.3. The summed E-state index contributed by atoms with van der Waals surface area (Å²) >= 11 is 0. The molecule has 0 atom stereocenters. The molecule has 9 heteroatoms. The molecule has 0 saturated carbocycles. The average Bonchev–Trinajstić information content (AvgIpc) is 2.68. The van der Waals surface area contributed by atoms with Crippen molar-refractivity contribution in [1.82, 2.24) is 4.31 Å². The van der Waals surface area contributed by atoms with Crippen molar-refractivity contribution in [2.75, 3.05) is 18.4 Å². The quantitative estimate of drug-likeness (QED) is 0.821. The first-order chi connectivity index (χ1) is 13.2. The third-order valence-electron chi connectivity index (χ3n) is 4.52. The van der Waals surface area contributed by atoms with E-state index in [4.69, 9.17) is 0 Å². The van der Waals surface area contributed by atoms with Crippen molar-refractivity contribution in [2.45, 2.75) is 30.3 Å². The fourth-order valence-corrected chi connectivity index (χ4v) is 4.57. The molecule has 1 aliphatic rings. The average molecular weight is 412 g/mol. The molecule has 0 spiro atoms. The molecule has 2 aromatic carbocycles. The van der Waals surface area contributed by atoms with Gasteiger partial charge in [0.15, 0.2) is 0 Å². The van der Waals surface area contributed by atoms with Crippen LogP contribution in [0.15, 0.2) is 53.4 Å². The van der Waals surface area contributed by atoms with Gasteiger partial charge in [-0.1, -0.05) is 12.5 Å². The molecular formula is C19H19F3N2O3S. The largest absolute Gasteiger partial charge is 0.416 e. The first-order valence-corrected chi connectivity index (χ1v) is 10.2. The Kier molecular flexibility index (Phi) is 5.76. The second kappa shape index (κ2) is 7.92. The number of carbonyl (C=O) groups is 1. The molecule has 1 aliphatic heterocycles. The highest BCUT2D eigenvalue weighted by atomic mass is 32.2. The molecule has 1 heterocycles. The number of anilines is 1. The number of rotatable bonds is 4. The fourth-order valence-electron chi connectivity index (χ4n) is 3.00. The number of halogens is 3. The smallest absolute Gasteiger partial charge is 0.322 e. The standard InChI is InChI=1S/C19H19F3N2O3S/c20-19(21,22)15-9-7-14(8-10-15)18(25)23-16-5-4-6-17(13-16)28(26,27)24-11-2-1-3-12-24/h4-10,13H,1-3,11-12H2,(H,23,25). The Hall–Kier alpha value is -2.39. The minimum Gasteiger partial charge on any atom is -0.322 e. The Morgan fingerprint density at radius 2 is 1.61 bits per heavy atom. The van der Waals surface area contributed by atoms with Crippen LogP contribution in [0.25, 0.3) is 0 Å². The highest BCUT2D eigenvalue weighted by Crippen LogP contribution is 2.29. The Morgan fingerprint density at radius 1 is 0.964 bits per heavy atom. The zero-order valence-corrected chi connectivity index (χ0v) is 15.7. The lowest BCUT2D eigenvalue weighted by Crippen LogP contribution is -2.35. The van der Waals surface area contributed by atoms with Crippen LogP contribution in [0, 0.1) is 0 Å². The Balaban J connectivity index is 1.76. The van der Waals surface area contributed by atoms with E-state index in [2.05, 4.69) is 5.32 Å². The van der Waals surface area contributed by atoms with Gasteiger partial charge in [0.25, 0.3) is 5.91 Å². The maximum atomic E-state index is 12.7. The molecule has 1 N–H and O–H groups in total. The van der Waals surface area contributed by atoms with Gasteiger partial charge >= 0.3 is 6.18 Å². The summed E-state index contributed by atoms with van der Waals surface area (Å²) in [7, 11) is -3.65. The van der Waals surface area contributed by atoms with Gasteiger partial charge < -0.3 is 5.32 Å². The van der Waals surface area contributed by atoms with E-state index >= 15 is 0 Å². The number of nitrogens with zero attached hydrogens (tertiary/aromatic N) is 1. The van der Waals surface area contributed by atoms with E-state index in [1.165, 1.54) is 28.6 Å². The summed E-state index contributed by atoms with van der Waals surface area (Å²) in [5, 5.41) is 2.53. The summed E-state index contributed by atoms with van der Waals surface area (Å²) in [5.41, 5.74) is -0.557. The van der Waals surface area contributed by atoms with Crippen LogP contribution in [-0.4, -0.2) is 31.7 Å². The third-order valence-corrected chi connectivity index (χ3v) is 6.41.